The Bertz CT molecular complexity index is 612. The quantitative estimate of drug-likeness (QED) is 0.905. The number of carbonyl (C=O) groups excluding carboxylic acids is 1. The standard InChI is InChI=1S/C15H15FN2OS/c16-14-5-1-3-11-6-7-18(10-13(11)14)15(19)17-9-12-4-2-8-20-12/h1-5,8H,6-7,9-10H2,(H,17,19). The first kappa shape index (κ1) is 13.1. The summed E-state index contributed by atoms with van der Waals surface area (Å²) in [6, 6.07) is 8.91. The van der Waals surface area contributed by atoms with E-state index in [4.69, 9.17) is 0 Å². The van der Waals surface area contributed by atoms with Crippen molar-refractivity contribution in [1.82, 2.24) is 10.2 Å². The molecule has 1 N–H and O–H groups in total. The minimum Gasteiger partial charge on any atom is -0.333 e. The lowest BCUT2D eigenvalue weighted by Crippen LogP contribution is -2.42. The number of amides is 2. The van der Waals surface area contributed by atoms with Gasteiger partial charge in [0, 0.05) is 17.0 Å². The van der Waals surface area contributed by atoms with Crippen molar-refractivity contribution in [1.29, 1.82) is 0 Å². The lowest BCUT2D eigenvalue weighted by Gasteiger charge is -2.29. The van der Waals surface area contributed by atoms with Crippen LogP contribution in [0.3, 0.4) is 0 Å². The highest BCUT2D eigenvalue weighted by Crippen LogP contribution is 2.21. The second-order valence-corrected chi connectivity index (χ2v) is 5.82. The molecule has 1 aliphatic heterocycles. The Labute approximate surface area is 121 Å². The molecular weight excluding hydrogens is 275 g/mol. The molecule has 1 aliphatic rings. The number of nitrogens with one attached hydrogen (secondary N) is 1. The van der Waals surface area contributed by atoms with E-state index < -0.39 is 0 Å². The highest BCUT2D eigenvalue weighted by atomic mass is 32.1. The molecule has 0 atom stereocenters. The van der Waals surface area contributed by atoms with Crippen LogP contribution in [0.2, 0.25) is 0 Å². The summed E-state index contributed by atoms with van der Waals surface area (Å²) < 4.78 is 13.8. The molecule has 2 heterocycles. The highest BCUT2D eigenvalue weighted by Gasteiger charge is 2.22. The van der Waals surface area contributed by atoms with E-state index in [0.29, 0.717) is 31.6 Å². The topological polar surface area (TPSA) is 32.3 Å². The van der Waals surface area contributed by atoms with Gasteiger partial charge < -0.3 is 10.2 Å². The highest BCUT2D eigenvalue weighted by molar-refractivity contribution is 7.09. The van der Waals surface area contributed by atoms with E-state index in [-0.39, 0.29) is 11.8 Å². The molecule has 1 aromatic carbocycles. The molecule has 3 nitrogen and oxygen atoms in total. The maximum atomic E-state index is 13.8. The molecule has 0 saturated carbocycles. The van der Waals surface area contributed by atoms with Gasteiger partial charge in [-0.2, -0.15) is 0 Å². The van der Waals surface area contributed by atoms with Gasteiger partial charge in [0.25, 0.3) is 0 Å². The maximum absolute atomic E-state index is 13.8. The average molecular weight is 290 g/mol. The first-order chi connectivity index (χ1) is 9.74. The van der Waals surface area contributed by atoms with Crippen LogP contribution in [0, 0.1) is 5.82 Å². The molecule has 2 aromatic rings. The maximum Gasteiger partial charge on any atom is 0.318 e. The number of urea groups is 1. The van der Waals surface area contributed by atoms with E-state index in [2.05, 4.69) is 5.32 Å². The third kappa shape index (κ3) is 2.67. The van der Waals surface area contributed by atoms with Crippen LogP contribution in [0.15, 0.2) is 35.7 Å². The fourth-order valence-electron chi connectivity index (χ4n) is 2.40. The molecule has 0 aliphatic carbocycles. The summed E-state index contributed by atoms with van der Waals surface area (Å²) in [4.78, 5) is 14.9. The van der Waals surface area contributed by atoms with Crippen LogP contribution in [0.4, 0.5) is 9.18 Å². The number of carbonyl (C=O) groups is 1. The van der Waals surface area contributed by atoms with Crippen molar-refractivity contribution in [3.63, 3.8) is 0 Å². The molecule has 0 unspecified atom stereocenters. The summed E-state index contributed by atoms with van der Waals surface area (Å²) in [6.45, 7) is 1.50. The van der Waals surface area contributed by atoms with Gasteiger partial charge in [0.15, 0.2) is 0 Å². The van der Waals surface area contributed by atoms with Gasteiger partial charge >= 0.3 is 6.03 Å². The average Bonchev–Trinajstić information content (AvgIpc) is 2.98. The zero-order valence-electron chi connectivity index (χ0n) is 10.9. The Morgan fingerprint density at radius 3 is 3.05 bits per heavy atom. The molecule has 0 saturated heterocycles. The van der Waals surface area contributed by atoms with Gasteiger partial charge in [-0.25, -0.2) is 9.18 Å². The van der Waals surface area contributed by atoms with Gasteiger partial charge in [0.1, 0.15) is 5.82 Å². The van der Waals surface area contributed by atoms with E-state index in [1.165, 1.54) is 6.07 Å². The molecule has 0 fully saturated rings. The molecule has 0 spiro atoms. The third-order valence-electron chi connectivity index (χ3n) is 3.50. The second kappa shape index (κ2) is 5.63. The minimum absolute atomic E-state index is 0.132. The normalized spacial score (nSPS) is 13.9. The van der Waals surface area contributed by atoms with Crippen LogP contribution in [0.1, 0.15) is 16.0 Å². The number of benzene rings is 1. The lowest BCUT2D eigenvalue weighted by atomic mass is 9.99. The van der Waals surface area contributed by atoms with E-state index in [1.54, 1.807) is 22.3 Å². The first-order valence-electron chi connectivity index (χ1n) is 6.55. The third-order valence-corrected chi connectivity index (χ3v) is 4.37. The molecule has 20 heavy (non-hydrogen) atoms. The fourth-order valence-corrected chi connectivity index (χ4v) is 3.05. The van der Waals surface area contributed by atoms with Gasteiger partial charge in [-0.15, -0.1) is 11.3 Å². The number of nitrogens with zero attached hydrogens (tertiary/aromatic N) is 1. The monoisotopic (exact) mass is 290 g/mol. The van der Waals surface area contributed by atoms with Gasteiger partial charge in [-0.1, -0.05) is 18.2 Å². The fraction of sp³-hybridized carbons (Fsp3) is 0.267. The Kier molecular flexibility index (Phi) is 3.69. The Hall–Kier alpha value is -1.88. The molecular formula is C15H15FN2OS. The second-order valence-electron chi connectivity index (χ2n) is 4.79. The van der Waals surface area contributed by atoms with Crippen molar-refractivity contribution >= 4 is 17.4 Å². The smallest absolute Gasteiger partial charge is 0.318 e. The number of hydrogen-bond donors (Lipinski definition) is 1. The van der Waals surface area contributed by atoms with Crippen LogP contribution < -0.4 is 5.32 Å². The molecule has 0 radical (unpaired) electrons. The van der Waals surface area contributed by atoms with Crippen LogP contribution >= 0.6 is 11.3 Å². The Balaban J connectivity index is 1.64. The minimum atomic E-state index is -0.224. The Morgan fingerprint density at radius 2 is 2.25 bits per heavy atom. The largest absolute Gasteiger partial charge is 0.333 e. The summed E-state index contributed by atoms with van der Waals surface area (Å²) in [5.41, 5.74) is 1.65. The summed E-state index contributed by atoms with van der Waals surface area (Å²) >= 11 is 1.61. The van der Waals surface area contributed by atoms with Gasteiger partial charge in [-0.05, 0) is 29.5 Å². The zero-order chi connectivity index (χ0) is 13.9. The molecule has 0 bridgehead atoms. The molecule has 1 aromatic heterocycles. The van der Waals surface area contributed by atoms with Crippen molar-refractivity contribution in [3.05, 3.63) is 57.5 Å². The summed E-state index contributed by atoms with van der Waals surface area (Å²) in [5.74, 6) is -0.224. The SMILES string of the molecule is O=C(NCc1cccs1)N1CCc2cccc(F)c2C1. The predicted molar refractivity (Wildman–Crippen MR) is 77.1 cm³/mol. The molecule has 2 amide bonds. The number of halogens is 1. The van der Waals surface area contributed by atoms with Gasteiger partial charge in [0.05, 0.1) is 13.1 Å². The van der Waals surface area contributed by atoms with Crippen LogP contribution in [-0.2, 0) is 19.5 Å². The van der Waals surface area contributed by atoms with E-state index in [1.807, 2.05) is 23.6 Å². The lowest BCUT2D eigenvalue weighted by molar-refractivity contribution is 0.191. The van der Waals surface area contributed by atoms with Gasteiger partial charge in [0.2, 0.25) is 0 Å². The number of fused-ring (bicyclic) bond motifs is 1. The molecule has 104 valence electrons. The van der Waals surface area contributed by atoms with E-state index >= 15 is 0 Å². The van der Waals surface area contributed by atoms with Crippen molar-refractivity contribution < 1.29 is 9.18 Å². The van der Waals surface area contributed by atoms with Crippen LogP contribution in [-0.4, -0.2) is 17.5 Å². The van der Waals surface area contributed by atoms with E-state index in [9.17, 15) is 9.18 Å². The first-order valence-corrected chi connectivity index (χ1v) is 7.43. The number of thiophene rings is 1. The number of rotatable bonds is 2. The van der Waals surface area contributed by atoms with Crippen molar-refractivity contribution in [2.24, 2.45) is 0 Å². The summed E-state index contributed by atoms with van der Waals surface area (Å²) in [5, 5.41) is 4.86. The summed E-state index contributed by atoms with van der Waals surface area (Å²) in [7, 11) is 0. The van der Waals surface area contributed by atoms with E-state index in [0.717, 1.165) is 10.4 Å². The van der Waals surface area contributed by atoms with Crippen LogP contribution in [0.25, 0.3) is 0 Å². The predicted octanol–water partition coefficient (Wildman–Crippen LogP) is 3.16. The molecule has 5 heteroatoms. The van der Waals surface area contributed by atoms with Gasteiger partial charge in [-0.3, -0.25) is 0 Å². The van der Waals surface area contributed by atoms with Crippen molar-refractivity contribution in [2.75, 3.05) is 6.54 Å². The number of hydrogen-bond acceptors (Lipinski definition) is 2. The Morgan fingerprint density at radius 1 is 1.35 bits per heavy atom. The van der Waals surface area contributed by atoms with Crippen LogP contribution in [0.5, 0.6) is 0 Å². The zero-order valence-corrected chi connectivity index (χ0v) is 11.8. The summed E-state index contributed by atoms with van der Waals surface area (Å²) in [6.07, 6.45) is 0.708. The molecule has 3 rings (SSSR count). The van der Waals surface area contributed by atoms with Crippen molar-refractivity contribution in [3.8, 4) is 0 Å². The van der Waals surface area contributed by atoms with Crippen molar-refractivity contribution in [2.45, 2.75) is 19.5 Å².